The molecule has 1 atom stereocenters. The fraction of sp³-hybridized carbons (Fsp3) is 0.857. The molecule has 2 aliphatic rings. The van der Waals surface area contributed by atoms with Crippen LogP contribution in [-0.4, -0.2) is 46.3 Å². The van der Waals surface area contributed by atoms with E-state index in [0.717, 1.165) is 38.6 Å². The number of carbonyl (C=O) groups excluding carboxylic acids is 2. The van der Waals surface area contributed by atoms with E-state index >= 15 is 0 Å². The summed E-state index contributed by atoms with van der Waals surface area (Å²) in [4.78, 5) is 28.4. The van der Waals surface area contributed by atoms with Crippen LogP contribution in [0.4, 0.5) is 0 Å². The number of nitrogens with zero attached hydrogens (tertiary/aromatic N) is 2. The zero-order valence-electron chi connectivity index (χ0n) is 11.7. The van der Waals surface area contributed by atoms with E-state index in [1.807, 2.05) is 4.90 Å². The number of piperidine rings is 1. The second-order valence-corrected chi connectivity index (χ2v) is 5.73. The summed E-state index contributed by atoms with van der Waals surface area (Å²) in [5.41, 5.74) is -0.170. The molecule has 2 heterocycles. The predicted molar refractivity (Wildman–Crippen MR) is 70.1 cm³/mol. The van der Waals surface area contributed by atoms with Crippen molar-refractivity contribution in [2.75, 3.05) is 13.1 Å². The molecule has 0 aromatic rings. The summed E-state index contributed by atoms with van der Waals surface area (Å²) in [5, 5.41) is 0. The Morgan fingerprint density at radius 3 is 2.50 bits per heavy atom. The average Bonchev–Trinajstić information content (AvgIpc) is 2.42. The van der Waals surface area contributed by atoms with Crippen molar-refractivity contribution >= 4 is 11.8 Å². The Hall–Kier alpha value is -1.06. The van der Waals surface area contributed by atoms with Gasteiger partial charge in [-0.3, -0.25) is 9.59 Å². The molecule has 0 saturated carbocycles. The van der Waals surface area contributed by atoms with Crippen molar-refractivity contribution in [3.8, 4) is 0 Å². The highest BCUT2D eigenvalue weighted by molar-refractivity contribution is 5.95. The summed E-state index contributed by atoms with van der Waals surface area (Å²) in [7, 11) is 0. The first-order chi connectivity index (χ1) is 8.53. The highest BCUT2D eigenvalue weighted by Crippen LogP contribution is 2.30. The second kappa shape index (κ2) is 4.90. The van der Waals surface area contributed by atoms with Gasteiger partial charge in [-0.1, -0.05) is 13.8 Å². The van der Waals surface area contributed by atoms with Gasteiger partial charge in [0.2, 0.25) is 11.8 Å². The van der Waals surface area contributed by atoms with E-state index in [9.17, 15) is 9.59 Å². The number of hydrogen-bond acceptors (Lipinski definition) is 2. The van der Waals surface area contributed by atoms with Crippen LogP contribution in [0.2, 0.25) is 0 Å². The first kappa shape index (κ1) is 13.4. The summed E-state index contributed by atoms with van der Waals surface area (Å²) in [6.45, 7) is 7.31. The van der Waals surface area contributed by atoms with Crippen LogP contribution in [0.5, 0.6) is 0 Å². The van der Waals surface area contributed by atoms with Gasteiger partial charge in [-0.25, -0.2) is 0 Å². The summed E-state index contributed by atoms with van der Waals surface area (Å²) in [6.07, 6.45) is 4.73. The van der Waals surface area contributed by atoms with E-state index in [0.29, 0.717) is 0 Å². The van der Waals surface area contributed by atoms with Crippen LogP contribution in [-0.2, 0) is 9.59 Å². The first-order valence-corrected chi connectivity index (χ1v) is 7.14. The molecular formula is C14H24N2O2. The quantitative estimate of drug-likeness (QED) is 0.768. The Morgan fingerprint density at radius 1 is 1.22 bits per heavy atom. The third-order valence-corrected chi connectivity index (χ3v) is 4.84. The van der Waals surface area contributed by atoms with Gasteiger partial charge >= 0.3 is 0 Å². The molecule has 0 spiro atoms. The largest absolute Gasteiger partial charge is 0.329 e. The maximum Gasteiger partial charge on any atom is 0.246 e. The zero-order chi connectivity index (χ0) is 13.3. The second-order valence-electron chi connectivity index (χ2n) is 5.73. The molecule has 0 aliphatic carbocycles. The highest BCUT2D eigenvalue weighted by atomic mass is 16.2. The summed E-state index contributed by atoms with van der Waals surface area (Å²) in [5.74, 6) is 0.299. The van der Waals surface area contributed by atoms with Gasteiger partial charge in [0.25, 0.3) is 0 Å². The van der Waals surface area contributed by atoms with E-state index in [2.05, 4.69) is 20.8 Å². The zero-order valence-corrected chi connectivity index (χ0v) is 11.7. The normalized spacial score (nSPS) is 25.4. The van der Waals surface area contributed by atoms with Crippen LogP contribution >= 0.6 is 0 Å². The third kappa shape index (κ3) is 2.02. The smallest absolute Gasteiger partial charge is 0.246 e. The lowest BCUT2D eigenvalue weighted by Gasteiger charge is -2.49. The average molecular weight is 252 g/mol. The predicted octanol–water partition coefficient (Wildman–Crippen LogP) is 1.79. The lowest BCUT2D eigenvalue weighted by molar-refractivity contribution is -0.164. The fourth-order valence-corrected chi connectivity index (χ4v) is 3.06. The lowest BCUT2D eigenvalue weighted by Crippen LogP contribution is -2.66. The number of rotatable bonds is 3. The van der Waals surface area contributed by atoms with Gasteiger partial charge < -0.3 is 9.80 Å². The van der Waals surface area contributed by atoms with Crippen LogP contribution in [0.3, 0.4) is 0 Å². The molecule has 2 amide bonds. The molecular weight excluding hydrogens is 228 g/mol. The van der Waals surface area contributed by atoms with Crippen molar-refractivity contribution in [1.82, 2.24) is 9.80 Å². The van der Waals surface area contributed by atoms with Gasteiger partial charge in [0.05, 0.1) is 0 Å². The highest BCUT2D eigenvalue weighted by Gasteiger charge is 2.45. The molecule has 0 N–H and O–H groups in total. The van der Waals surface area contributed by atoms with Crippen LogP contribution in [0.15, 0.2) is 0 Å². The van der Waals surface area contributed by atoms with Gasteiger partial charge in [-0.15, -0.1) is 0 Å². The molecule has 102 valence electrons. The molecule has 18 heavy (non-hydrogen) atoms. The molecule has 4 nitrogen and oxygen atoms in total. The number of fused-ring (bicyclic) bond motifs is 1. The SMILES string of the molecule is CCC(C)(CC)N1CC(=O)N2CCCCC2C1=O. The van der Waals surface area contributed by atoms with Gasteiger partial charge in [-0.2, -0.15) is 0 Å². The van der Waals surface area contributed by atoms with Crippen molar-refractivity contribution in [1.29, 1.82) is 0 Å². The number of amides is 2. The van der Waals surface area contributed by atoms with E-state index in [1.165, 1.54) is 0 Å². The summed E-state index contributed by atoms with van der Waals surface area (Å²) >= 11 is 0. The Balaban J connectivity index is 2.24. The Labute approximate surface area is 109 Å². The van der Waals surface area contributed by atoms with Gasteiger partial charge in [0.1, 0.15) is 12.6 Å². The van der Waals surface area contributed by atoms with Crippen molar-refractivity contribution in [2.45, 2.75) is 64.5 Å². The summed E-state index contributed by atoms with van der Waals surface area (Å²) in [6, 6.07) is -0.183. The van der Waals surface area contributed by atoms with Gasteiger partial charge in [0, 0.05) is 12.1 Å². The van der Waals surface area contributed by atoms with Crippen molar-refractivity contribution < 1.29 is 9.59 Å². The third-order valence-electron chi connectivity index (χ3n) is 4.84. The molecule has 2 fully saturated rings. The van der Waals surface area contributed by atoms with Crippen LogP contribution < -0.4 is 0 Å². The van der Waals surface area contributed by atoms with Crippen molar-refractivity contribution in [2.24, 2.45) is 0 Å². The Morgan fingerprint density at radius 2 is 1.89 bits per heavy atom. The minimum atomic E-state index is -0.183. The van der Waals surface area contributed by atoms with E-state index in [-0.39, 0.29) is 29.9 Å². The number of piperazine rings is 1. The fourth-order valence-electron chi connectivity index (χ4n) is 3.06. The van der Waals surface area contributed by atoms with E-state index < -0.39 is 0 Å². The maximum absolute atomic E-state index is 12.6. The van der Waals surface area contributed by atoms with Crippen LogP contribution in [0, 0.1) is 0 Å². The topological polar surface area (TPSA) is 40.6 Å². The van der Waals surface area contributed by atoms with Gasteiger partial charge in [-0.05, 0) is 39.0 Å². The lowest BCUT2D eigenvalue weighted by atomic mass is 9.89. The standard InChI is InChI=1S/C14H24N2O2/c1-4-14(3,5-2)16-10-12(17)15-9-7-6-8-11(15)13(16)18/h11H,4-10H2,1-3H3. The minimum Gasteiger partial charge on any atom is -0.329 e. The minimum absolute atomic E-state index is 0.132. The molecule has 0 radical (unpaired) electrons. The number of hydrogen-bond donors (Lipinski definition) is 0. The first-order valence-electron chi connectivity index (χ1n) is 7.14. The van der Waals surface area contributed by atoms with Crippen molar-refractivity contribution in [3.63, 3.8) is 0 Å². The summed E-state index contributed by atoms with van der Waals surface area (Å²) < 4.78 is 0. The molecule has 0 aromatic carbocycles. The number of carbonyl (C=O) groups is 2. The van der Waals surface area contributed by atoms with E-state index in [4.69, 9.17) is 0 Å². The molecule has 1 unspecified atom stereocenters. The molecule has 0 bridgehead atoms. The monoisotopic (exact) mass is 252 g/mol. The molecule has 2 aliphatic heterocycles. The molecule has 2 saturated heterocycles. The molecule has 4 heteroatoms. The maximum atomic E-state index is 12.6. The van der Waals surface area contributed by atoms with Crippen LogP contribution in [0.1, 0.15) is 52.9 Å². The van der Waals surface area contributed by atoms with Crippen molar-refractivity contribution in [3.05, 3.63) is 0 Å². The Kier molecular flexibility index (Phi) is 3.64. The molecule has 0 aromatic heterocycles. The van der Waals surface area contributed by atoms with E-state index in [1.54, 1.807) is 4.90 Å². The Bertz CT molecular complexity index is 350. The van der Waals surface area contributed by atoms with Gasteiger partial charge in [0.15, 0.2) is 0 Å². The van der Waals surface area contributed by atoms with Crippen LogP contribution in [0.25, 0.3) is 0 Å². The molecule has 2 rings (SSSR count).